The zero-order valence-corrected chi connectivity index (χ0v) is 10.9. The number of ketones is 1. The third kappa shape index (κ3) is 3.07. The van der Waals surface area contributed by atoms with E-state index in [-0.39, 0.29) is 0 Å². The average molecular weight is 292 g/mol. The van der Waals surface area contributed by atoms with Crippen molar-refractivity contribution in [3.05, 3.63) is 52.9 Å². The number of carbonyl (C=O) groups is 2. The van der Waals surface area contributed by atoms with E-state index in [4.69, 9.17) is 21.8 Å². The van der Waals surface area contributed by atoms with Gasteiger partial charge in [-0.15, -0.1) is 0 Å². The van der Waals surface area contributed by atoms with Crippen molar-refractivity contribution in [3.8, 4) is 0 Å². The number of fused-ring (bicyclic) bond motifs is 1. The topological polar surface area (TPSA) is 90.4 Å². The fourth-order valence-corrected chi connectivity index (χ4v) is 1.84. The highest BCUT2D eigenvalue weighted by Crippen LogP contribution is 2.23. The van der Waals surface area contributed by atoms with E-state index >= 15 is 0 Å². The molecular weight excluding hydrogens is 282 g/mol. The van der Waals surface area contributed by atoms with Gasteiger partial charge in [-0.05, 0) is 35.9 Å². The number of halogens is 1. The lowest BCUT2D eigenvalue weighted by atomic mass is 10.1. The third-order valence-electron chi connectivity index (χ3n) is 2.60. The van der Waals surface area contributed by atoms with E-state index in [2.05, 4.69) is 4.98 Å². The van der Waals surface area contributed by atoms with Crippen LogP contribution in [0.3, 0.4) is 0 Å². The molecule has 0 atom stereocenters. The summed E-state index contributed by atoms with van der Waals surface area (Å²) >= 11 is 5.90. The Balaban J connectivity index is 2.26. The minimum Gasteiger partial charge on any atom is -0.502 e. The molecule has 2 aromatic rings. The Bertz CT molecular complexity index is 743. The first-order valence-corrected chi connectivity index (χ1v) is 5.98. The number of aromatic nitrogens is 1. The van der Waals surface area contributed by atoms with Crippen LogP contribution in [0.25, 0.3) is 17.0 Å². The predicted molar refractivity (Wildman–Crippen MR) is 75.7 cm³/mol. The summed E-state index contributed by atoms with van der Waals surface area (Å²) in [5.41, 5.74) is 1.60. The first-order chi connectivity index (χ1) is 9.47. The van der Waals surface area contributed by atoms with Gasteiger partial charge < -0.3 is 15.2 Å². The number of nitrogens with one attached hydrogen (secondary N) is 1. The van der Waals surface area contributed by atoms with Crippen LogP contribution >= 0.6 is 11.6 Å². The number of benzene rings is 1. The number of carbonyl (C=O) groups excluding carboxylic acids is 1. The number of aliphatic hydroxyl groups excluding tert-OH is 1. The number of allylic oxidation sites excluding steroid dienone is 2. The molecule has 3 N–H and O–H groups in total. The van der Waals surface area contributed by atoms with E-state index in [1.165, 1.54) is 12.2 Å². The molecule has 0 unspecified atom stereocenters. The fraction of sp³-hybridized carbons (Fsp3) is 0. The second kappa shape index (κ2) is 5.63. The normalized spacial score (nSPS) is 12.2. The average Bonchev–Trinajstić information content (AvgIpc) is 2.78. The van der Waals surface area contributed by atoms with Crippen molar-refractivity contribution in [2.24, 2.45) is 0 Å². The van der Waals surface area contributed by atoms with Crippen molar-refractivity contribution >= 4 is 40.3 Å². The van der Waals surface area contributed by atoms with Crippen LogP contribution < -0.4 is 0 Å². The Kier molecular flexibility index (Phi) is 3.91. The summed E-state index contributed by atoms with van der Waals surface area (Å²) in [6, 6.07) is 5.31. The van der Waals surface area contributed by atoms with Gasteiger partial charge in [0.15, 0.2) is 5.78 Å². The van der Waals surface area contributed by atoms with Crippen molar-refractivity contribution in [2.75, 3.05) is 0 Å². The molecule has 0 saturated carbocycles. The van der Waals surface area contributed by atoms with Crippen molar-refractivity contribution < 1.29 is 19.8 Å². The summed E-state index contributed by atoms with van der Waals surface area (Å²) in [7, 11) is 0. The maximum atomic E-state index is 11.4. The molecule has 2 rings (SSSR count). The molecule has 6 heteroatoms. The van der Waals surface area contributed by atoms with E-state index in [1.807, 2.05) is 6.07 Å². The maximum absolute atomic E-state index is 11.4. The van der Waals surface area contributed by atoms with Gasteiger partial charge in [-0.1, -0.05) is 11.6 Å². The van der Waals surface area contributed by atoms with Gasteiger partial charge in [0, 0.05) is 28.2 Å². The van der Waals surface area contributed by atoms with E-state index < -0.39 is 17.5 Å². The predicted octanol–water partition coefficient (Wildman–Crippen LogP) is 2.93. The lowest BCUT2D eigenvalue weighted by Crippen LogP contribution is -2.01. The molecule has 0 bridgehead atoms. The molecule has 0 radical (unpaired) electrons. The number of hydrogen-bond acceptors (Lipinski definition) is 3. The van der Waals surface area contributed by atoms with Crippen LogP contribution in [0.15, 0.2) is 42.3 Å². The minimum atomic E-state index is -1.55. The van der Waals surface area contributed by atoms with Gasteiger partial charge >= 0.3 is 5.97 Å². The summed E-state index contributed by atoms with van der Waals surface area (Å²) in [5.74, 6) is -3.17. The van der Waals surface area contributed by atoms with Gasteiger partial charge in [0.05, 0.1) is 0 Å². The standard InChI is InChI=1S/C14H10ClNO4/c15-9-2-4-12-11(5-9)8(7-16-12)1-3-10(17)6-13(18)14(19)20/h1-7,16,18H,(H,19,20)/b3-1+,13-6-. The van der Waals surface area contributed by atoms with Crippen LogP contribution in [0.1, 0.15) is 5.56 Å². The summed E-state index contributed by atoms with van der Waals surface area (Å²) in [6.45, 7) is 0. The second-order valence-corrected chi connectivity index (χ2v) is 4.44. The largest absolute Gasteiger partial charge is 0.502 e. The van der Waals surface area contributed by atoms with Gasteiger partial charge in [0.2, 0.25) is 5.76 Å². The van der Waals surface area contributed by atoms with E-state index in [9.17, 15) is 9.59 Å². The quantitative estimate of drug-likeness (QED) is 0.597. The van der Waals surface area contributed by atoms with Crippen molar-refractivity contribution in [1.82, 2.24) is 4.98 Å². The number of aliphatic hydroxyl groups is 1. The Morgan fingerprint density at radius 2 is 2.00 bits per heavy atom. The van der Waals surface area contributed by atoms with Crippen LogP contribution in [0.5, 0.6) is 0 Å². The lowest BCUT2D eigenvalue weighted by molar-refractivity contribution is -0.135. The molecule has 20 heavy (non-hydrogen) atoms. The Labute approximate surface area is 118 Å². The molecule has 1 heterocycles. The van der Waals surface area contributed by atoms with Gasteiger partial charge in [-0.25, -0.2) is 4.79 Å². The Morgan fingerprint density at radius 1 is 1.25 bits per heavy atom. The van der Waals surface area contributed by atoms with Crippen LogP contribution in [0.4, 0.5) is 0 Å². The Hall–Kier alpha value is -2.53. The zero-order valence-electron chi connectivity index (χ0n) is 10.1. The molecule has 0 spiro atoms. The van der Waals surface area contributed by atoms with E-state index in [1.54, 1.807) is 18.3 Å². The third-order valence-corrected chi connectivity index (χ3v) is 2.84. The SMILES string of the molecule is O=C(/C=C(\O)C(=O)O)/C=C/c1c[nH]c2ccc(Cl)cc12. The van der Waals surface area contributed by atoms with Crippen molar-refractivity contribution in [1.29, 1.82) is 0 Å². The van der Waals surface area contributed by atoms with Crippen molar-refractivity contribution in [2.45, 2.75) is 0 Å². The highest BCUT2D eigenvalue weighted by molar-refractivity contribution is 6.31. The first-order valence-electron chi connectivity index (χ1n) is 5.60. The smallest absolute Gasteiger partial charge is 0.371 e. The summed E-state index contributed by atoms with van der Waals surface area (Å²) < 4.78 is 0. The molecule has 0 aliphatic carbocycles. The molecule has 0 fully saturated rings. The van der Waals surface area contributed by atoms with Crippen LogP contribution in [0.2, 0.25) is 5.02 Å². The van der Waals surface area contributed by atoms with Crippen LogP contribution in [-0.4, -0.2) is 26.9 Å². The molecule has 0 amide bonds. The highest BCUT2D eigenvalue weighted by atomic mass is 35.5. The van der Waals surface area contributed by atoms with Crippen molar-refractivity contribution in [3.63, 3.8) is 0 Å². The Morgan fingerprint density at radius 3 is 2.70 bits per heavy atom. The monoisotopic (exact) mass is 291 g/mol. The summed E-state index contributed by atoms with van der Waals surface area (Å²) in [5, 5.41) is 18.8. The number of carboxylic acid groups (broad SMARTS) is 1. The molecule has 1 aromatic heterocycles. The van der Waals surface area contributed by atoms with Gasteiger partial charge in [-0.2, -0.15) is 0 Å². The molecule has 0 saturated heterocycles. The van der Waals surface area contributed by atoms with E-state index in [0.717, 1.165) is 16.5 Å². The number of hydrogen-bond donors (Lipinski definition) is 3. The lowest BCUT2D eigenvalue weighted by Gasteiger charge is -1.93. The van der Waals surface area contributed by atoms with Crippen LogP contribution in [-0.2, 0) is 9.59 Å². The number of aromatic amines is 1. The number of carboxylic acids is 1. The summed E-state index contributed by atoms with van der Waals surface area (Å²) in [6.07, 6.45) is 5.03. The van der Waals surface area contributed by atoms with Gasteiger partial charge in [0.1, 0.15) is 0 Å². The van der Waals surface area contributed by atoms with Crippen LogP contribution in [0, 0.1) is 0 Å². The minimum absolute atomic E-state index is 0.571. The number of aliphatic carboxylic acids is 1. The van der Waals surface area contributed by atoms with E-state index in [0.29, 0.717) is 11.1 Å². The van der Waals surface area contributed by atoms with Gasteiger partial charge in [-0.3, -0.25) is 4.79 Å². The molecule has 102 valence electrons. The number of rotatable bonds is 4. The second-order valence-electron chi connectivity index (χ2n) is 4.00. The number of H-pyrrole nitrogens is 1. The fourth-order valence-electron chi connectivity index (χ4n) is 1.67. The highest BCUT2D eigenvalue weighted by Gasteiger charge is 2.06. The molecular formula is C14H10ClNO4. The maximum Gasteiger partial charge on any atom is 0.371 e. The molecule has 0 aliphatic heterocycles. The molecule has 0 aliphatic rings. The van der Waals surface area contributed by atoms with Gasteiger partial charge in [0.25, 0.3) is 0 Å². The summed E-state index contributed by atoms with van der Waals surface area (Å²) in [4.78, 5) is 24.8. The molecule has 5 nitrogen and oxygen atoms in total. The zero-order chi connectivity index (χ0) is 14.7. The molecule has 1 aromatic carbocycles. The first kappa shape index (κ1) is 13.9.